The van der Waals surface area contributed by atoms with Gasteiger partial charge in [0.05, 0.1) is 24.0 Å². The van der Waals surface area contributed by atoms with Crippen LogP contribution in [0.15, 0.2) is 18.2 Å². The summed E-state index contributed by atoms with van der Waals surface area (Å²) in [6.45, 7) is 0. The highest BCUT2D eigenvalue weighted by Crippen LogP contribution is 2.25. The van der Waals surface area contributed by atoms with E-state index >= 15 is 0 Å². The SMILES string of the molecule is COc1cc([N+](=O)[O-])ccc1CCl. The number of ether oxygens (including phenoxy) is 1. The van der Waals surface area contributed by atoms with Gasteiger partial charge in [0.15, 0.2) is 0 Å². The van der Waals surface area contributed by atoms with Crippen molar-refractivity contribution in [3.05, 3.63) is 33.9 Å². The quantitative estimate of drug-likeness (QED) is 0.429. The molecule has 4 nitrogen and oxygen atoms in total. The van der Waals surface area contributed by atoms with Gasteiger partial charge in [-0.3, -0.25) is 10.1 Å². The van der Waals surface area contributed by atoms with Crippen molar-refractivity contribution in [2.24, 2.45) is 0 Å². The van der Waals surface area contributed by atoms with Crippen molar-refractivity contribution < 1.29 is 9.66 Å². The van der Waals surface area contributed by atoms with Crippen molar-refractivity contribution in [1.82, 2.24) is 0 Å². The zero-order valence-electron chi connectivity index (χ0n) is 6.99. The first kappa shape index (κ1) is 9.80. The molecule has 1 aromatic rings. The van der Waals surface area contributed by atoms with Crippen LogP contribution in [0.2, 0.25) is 0 Å². The number of benzene rings is 1. The Morgan fingerprint density at radius 1 is 1.62 bits per heavy atom. The molecule has 0 radical (unpaired) electrons. The lowest BCUT2D eigenvalue weighted by molar-refractivity contribution is -0.384. The Morgan fingerprint density at radius 3 is 2.77 bits per heavy atom. The van der Waals surface area contributed by atoms with Crippen molar-refractivity contribution in [2.75, 3.05) is 7.11 Å². The number of rotatable bonds is 3. The van der Waals surface area contributed by atoms with Gasteiger partial charge < -0.3 is 4.74 Å². The molecule has 1 rings (SSSR count). The second kappa shape index (κ2) is 4.09. The van der Waals surface area contributed by atoms with E-state index in [0.717, 1.165) is 5.56 Å². The Labute approximate surface area is 80.2 Å². The minimum absolute atomic E-state index is 0.00529. The lowest BCUT2D eigenvalue weighted by atomic mass is 10.2. The summed E-state index contributed by atoms with van der Waals surface area (Å²) in [4.78, 5) is 9.91. The standard InChI is InChI=1S/C8H8ClNO3/c1-13-8-4-7(10(11)12)3-2-6(8)5-9/h2-4H,5H2,1H3. The highest BCUT2D eigenvalue weighted by molar-refractivity contribution is 6.17. The maximum Gasteiger partial charge on any atom is 0.273 e. The molecule has 0 heterocycles. The van der Waals surface area contributed by atoms with Gasteiger partial charge in [0.25, 0.3) is 5.69 Å². The monoisotopic (exact) mass is 201 g/mol. The number of alkyl halides is 1. The van der Waals surface area contributed by atoms with E-state index in [4.69, 9.17) is 16.3 Å². The van der Waals surface area contributed by atoms with Crippen LogP contribution in [0.3, 0.4) is 0 Å². The number of hydrogen-bond acceptors (Lipinski definition) is 3. The van der Waals surface area contributed by atoms with Crippen LogP contribution in [0.5, 0.6) is 5.75 Å². The number of halogens is 1. The van der Waals surface area contributed by atoms with Crippen molar-refractivity contribution >= 4 is 17.3 Å². The highest BCUT2D eigenvalue weighted by Gasteiger charge is 2.09. The molecule has 0 fully saturated rings. The Balaban J connectivity index is 3.13. The van der Waals surface area contributed by atoms with Crippen LogP contribution in [0.1, 0.15) is 5.56 Å². The first-order valence-corrected chi connectivity index (χ1v) is 4.09. The van der Waals surface area contributed by atoms with Crippen LogP contribution in [0.4, 0.5) is 5.69 Å². The second-order valence-electron chi connectivity index (χ2n) is 2.39. The fourth-order valence-electron chi connectivity index (χ4n) is 0.957. The molecule has 0 saturated heterocycles. The van der Waals surface area contributed by atoms with Gasteiger partial charge in [-0.15, -0.1) is 11.6 Å². The molecule has 0 bridgehead atoms. The molecule has 0 atom stereocenters. The fraction of sp³-hybridized carbons (Fsp3) is 0.250. The molecule has 0 N–H and O–H groups in total. The van der Waals surface area contributed by atoms with Crippen LogP contribution in [0.25, 0.3) is 0 Å². The van der Waals surface area contributed by atoms with Crippen LogP contribution >= 0.6 is 11.6 Å². The van der Waals surface area contributed by atoms with Gasteiger partial charge in [0, 0.05) is 11.6 Å². The summed E-state index contributed by atoms with van der Waals surface area (Å²) >= 11 is 5.59. The third kappa shape index (κ3) is 2.09. The van der Waals surface area contributed by atoms with E-state index < -0.39 is 4.92 Å². The third-order valence-electron chi connectivity index (χ3n) is 1.63. The summed E-state index contributed by atoms with van der Waals surface area (Å²) < 4.78 is 4.94. The summed E-state index contributed by atoms with van der Waals surface area (Å²) in [5, 5.41) is 10.4. The van der Waals surface area contributed by atoms with Crippen molar-refractivity contribution in [1.29, 1.82) is 0 Å². The Hall–Kier alpha value is -1.29. The molecule has 0 amide bonds. The van der Waals surface area contributed by atoms with E-state index in [-0.39, 0.29) is 11.6 Å². The third-order valence-corrected chi connectivity index (χ3v) is 1.91. The van der Waals surface area contributed by atoms with E-state index in [1.165, 1.54) is 19.2 Å². The van der Waals surface area contributed by atoms with Gasteiger partial charge in [-0.2, -0.15) is 0 Å². The first-order valence-electron chi connectivity index (χ1n) is 3.56. The molecule has 13 heavy (non-hydrogen) atoms. The molecular formula is C8H8ClNO3. The summed E-state index contributed by atoms with van der Waals surface area (Å²) in [7, 11) is 1.45. The van der Waals surface area contributed by atoms with E-state index in [0.29, 0.717) is 5.75 Å². The topological polar surface area (TPSA) is 52.4 Å². The Kier molecular flexibility index (Phi) is 3.08. The number of nitro benzene ring substituents is 1. The van der Waals surface area contributed by atoms with Crippen LogP contribution in [0, 0.1) is 10.1 Å². The number of non-ortho nitro benzene ring substituents is 1. The molecule has 0 spiro atoms. The minimum atomic E-state index is -0.472. The largest absolute Gasteiger partial charge is 0.496 e. The van der Waals surface area contributed by atoms with Gasteiger partial charge in [0.2, 0.25) is 0 Å². The summed E-state index contributed by atoms with van der Waals surface area (Å²) in [6, 6.07) is 4.35. The van der Waals surface area contributed by atoms with Gasteiger partial charge in [-0.1, -0.05) is 0 Å². The summed E-state index contributed by atoms with van der Waals surface area (Å²) in [5.74, 6) is 0.727. The zero-order valence-corrected chi connectivity index (χ0v) is 7.75. The maximum absolute atomic E-state index is 10.4. The number of nitrogens with zero attached hydrogens (tertiary/aromatic N) is 1. The van der Waals surface area contributed by atoms with E-state index in [9.17, 15) is 10.1 Å². The van der Waals surface area contributed by atoms with Crippen LogP contribution < -0.4 is 4.74 Å². The van der Waals surface area contributed by atoms with Crippen LogP contribution in [-0.2, 0) is 5.88 Å². The fourth-order valence-corrected chi connectivity index (χ4v) is 1.18. The first-order chi connectivity index (χ1) is 6.19. The summed E-state index contributed by atoms with van der Waals surface area (Å²) in [6.07, 6.45) is 0. The average molecular weight is 202 g/mol. The molecule has 0 aliphatic carbocycles. The van der Waals surface area contributed by atoms with Gasteiger partial charge in [0.1, 0.15) is 5.75 Å². The Morgan fingerprint density at radius 2 is 2.31 bits per heavy atom. The molecule has 5 heteroatoms. The molecule has 0 aromatic heterocycles. The molecule has 1 aromatic carbocycles. The number of hydrogen-bond donors (Lipinski definition) is 0. The Bertz CT molecular complexity index is 327. The zero-order chi connectivity index (χ0) is 9.84. The van der Waals surface area contributed by atoms with Gasteiger partial charge in [-0.25, -0.2) is 0 Å². The molecular weight excluding hydrogens is 194 g/mol. The smallest absolute Gasteiger partial charge is 0.273 e. The molecule has 0 aliphatic heterocycles. The second-order valence-corrected chi connectivity index (χ2v) is 2.65. The van der Waals surface area contributed by atoms with Gasteiger partial charge >= 0.3 is 0 Å². The minimum Gasteiger partial charge on any atom is -0.496 e. The molecule has 0 saturated carbocycles. The van der Waals surface area contributed by atoms with Crippen molar-refractivity contribution in [3.63, 3.8) is 0 Å². The average Bonchev–Trinajstić information content (AvgIpc) is 2.16. The van der Waals surface area contributed by atoms with Crippen molar-refractivity contribution in [3.8, 4) is 5.75 Å². The number of nitro groups is 1. The van der Waals surface area contributed by atoms with E-state index in [1.807, 2.05) is 0 Å². The molecule has 0 unspecified atom stereocenters. The predicted octanol–water partition coefficient (Wildman–Crippen LogP) is 2.34. The summed E-state index contributed by atoms with van der Waals surface area (Å²) in [5.41, 5.74) is 0.750. The lowest BCUT2D eigenvalue weighted by Gasteiger charge is -2.04. The lowest BCUT2D eigenvalue weighted by Crippen LogP contribution is -1.93. The van der Waals surface area contributed by atoms with E-state index in [2.05, 4.69) is 0 Å². The predicted molar refractivity (Wildman–Crippen MR) is 49.2 cm³/mol. The van der Waals surface area contributed by atoms with Crippen molar-refractivity contribution in [2.45, 2.75) is 5.88 Å². The maximum atomic E-state index is 10.4. The molecule has 0 aliphatic rings. The molecule has 70 valence electrons. The van der Waals surface area contributed by atoms with Gasteiger partial charge in [-0.05, 0) is 6.07 Å². The number of methoxy groups -OCH3 is 1. The highest BCUT2D eigenvalue weighted by atomic mass is 35.5. The van der Waals surface area contributed by atoms with E-state index in [1.54, 1.807) is 6.07 Å². The van der Waals surface area contributed by atoms with Crippen LogP contribution in [-0.4, -0.2) is 12.0 Å². The normalized spacial score (nSPS) is 9.69.